The van der Waals surface area contributed by atoms with E-state index in [4.69, 9.17) is 16.9 Å². The molecule has 0 aromatic heterocycles. The van der Waals surface area contributed by atoms with E-state index in [1.165, 1.54) is 12.1 Å². The Balaban J connectivity index is 3.04. The summed E-state index contributed by atoms with van der Waals surface area (Å²) >= 11 is 5.33. The summed E-state index contributed by atoms with van der Waals surface area (Å²) in [6.45, 7) is 0. The van der Waals surface area contributed by atoms with Crippen LogP contribution < -0.4 is 0 Å². The fraction of sp³-hybridized carbons (Fsp3) is 0.100. The number of rotatable bonds is 0. The fourth-order valence-corrected chi connectivity index (χ4v) is 0.886. The number of alkyl halides is 1. The molecule has 0 radical (unpaired) electrons. The molecule has 0 bridgehead atoms. The number of hydrogen-bond donors (Lipinski definition) is 0. The van der Waals surface area contributed by atoms with Crippen molar-refractivity contribution in [2.45, 2.75) is 0 Å². The molecule has 0 amide bonds. The molecule has 0 heterocycles. The van der Waals surface area contributed by atoms with E-state index in [9.17, 15) is 4.39 Å². The van der Waals surface area contributed by atoms with E-state index in [1.807, 2.05) is 0 Å². The molecule has 0 spiro atoms. The van der Waals surface area contributed by atoms with Crippen LogP contribution in [-0.2, 0) is 0 Å². The second-order valence-corrected chi connectivity index (χ2v) is 2.51. The minimum Gasteiger partial charge on any atom is -0.206 e. The SMILES string of the molecule is N#Cc1ccc(C#CCCl)cc1F. The van der Waals surface area contributed by atoms with E-state index >= 15 is 0 Å². The van der Waals surface area contributed by atoms with Gasteiger partial charge < -0.3 is 0 Å². The van der Waals surface area contributed by atoms with E-state index in [-0.39, 0.29) is 11.4 Å². The highest BCUT2D eigenvalue weighted by atomic mass is 35.5. The highest BCUT2D eigenvalue weighted by molar-refractivity contribution is 6.19. The van der Waals surface area contributed by atoms with Crippen LogP contribution in [0.4, 0.5) is 4.39 Å². The lowest BCUT2D eigenvalue weighted by Gasteiger charge is -1.92. The summed E-state index contributed by atoms with van der Waals surface area (Å²) in [7, 11) is 0. The minimum atomic E-state index is -0.552. The monoisotopic (exact) mass is 193 g/mol. The van der Waals surface area contributed by atoms with Gasteiger partial charge in [0.25, 0.3) is 0 Å². The summed E-state index contributed by atoms with van der Waals surface area (Å²) in [6.07, 6.45) is 0. The van der Waals surface area contributed by atoms with Crippen LogP contribution in [0.1, 0.15) is 11.1 Å². The number of hydrogen-bond acceptors (Lipinski definition) is 1. The third kappa shape index (κ3) is 2.47. The van der Waals surface area contributed by atoms with Crippen LogP contribution in [-0.4, -0.2) is 5.88 Å². The largest absolute Gasteiger partial charge is 0.206 e. The maximum atomic E-state index is 13.0. The van der Waals surface area contributed by atoms with Crippen molar-refractivity contribution >= 4 is 11.6 Å². The van der Waals surface area contributed by atoms with E-state index in [2.05, 4.69) is 11.8 Å². The molecule has 0 aliphatic carbocycles. The molecule has 0 fully saturated rings. The predicted molar refractivity (Wildman–Crippen MR) is 48.7 cm³/mol. The Hall–Kier alpha value is -1.51. The Labute approximate surface area is 80.8 Å². The Morgan fingerprint density at radius 3 is 2.77 bits per heavy atom. The van der Waals surface area contributed by atoms with Crippen molar-refractivity contribution < 1.29 is 4.39 Å². The van der Waals surface area contributed by atoms with Crippen molar-refractivity contribution in [2.24, 2.45) is 0 Å². The van der Waals surface area contributed by atoms with Crippen LogP contribution in [0.25, 0.3) is 0 Å². The van der Waals surface area contributed by atoms with Gasteiger partial charge in [-0.25, -0.2) is 4.39 Å². The van der Waals surface area contributed by atoms with Crippen molar-refractivity contribution in [3.63, 3.8) is 0 Å². The van der Waals surface area contributed by atoms with E-state index in [0.29, 0.717) is 5.56 Å². The zero-order chi connectivity index (χ0) is 9.68. The lowest BCUT2D eigenvalue weighted by molar-refractivity contribution is 0.623. The summed E-state index contributed by atoms with van der Waals surface area (Å²) < 4.78 is 13.0. The molecule has 1 aromatic rings. The Bertz CT molecular complexity index is 409. The summed E-state index contributed by atoms with van der Waals surface area (Å²) in [6, 6.07) is 5.93. The van der Waals surface area contributed by atoms with Crippen LogP contribution in [0, 0.1) is 29.0 Å². The Morgan fingerprint density at radius 2 is 2.23 bits per heavy atom. The topological polar surface area (TPSA) is 23.8 Å². The second-order valence-electron chi connectivity index (χ2n) is 2.24. The average Bonchev–Trinajstić information content (AvgIpc) is 2.15. The molecule has 0 aliphatic heterocycles. The van der Waals surface area contributed by atoms with Crippen molar-refractivity contribution in [1.29, 1.82) is 5.26 Å². The maximum absolute atomic E-state index is 13.0. The molecule has 64 valence electrons. The van der Waals surface area contributed by atoms with Crippen LogP contribution in [0.3, 0.4) is 0 Å². The molecule has 13 heavy (non-hydrogen) atoms. The van der Waals surface area contributed by atoms with Crippen molar-refractivity contribution in [3.8, 4) is 17.9 Å². The molecule has 1 rings (SSSR count). The Morgan fingerprint density at radius 1 is 1.46 bits per heavy atom. The van der Waals surface area contributed by atoms with Crippen LogP contribution in [0.2, 0.25) is 0 Å². The smallest absolute Gasteiger partial charge is 0.142 e. The maximum Gasteiger partial charge on any atom is 0.142 e. The van der Waals surface area contributed by atoms with Crippen molar-refractivity contribution in [1.82, 2.24) is 0 Å². The predicted octanol–water partition coefficient (Wildman–Crippen LogP) is 2.29. The molecule has 1 nitrogen and oxygen atoms in total. The quantitative estimate of drug-likeness (QED) is 0.458. The molecule has 0 aliphatic rings. The first-order valence-corrected chi connectivity index (χ1v) is 4.06. The summed E-state index contributed by atoms with van der Waals surface area (Å²) in [5, 5.41) is 8.44. The summed E-state index contributed by atoms with van der Waals surface area (Å²) in [5.41, 5.74) is 0.550. The summed E-state index contributed by atoms with van der Waals surface area (Å²) in [5.74, 6) is 4.91. The van der Waals surface area contributed by atoms with Gasteiger partial charge >= 0.3 is 0 Å². The number of halogens is 2. The van der Waals surface area contributed by atoms with Crippen LogP contribution in [0.5, 0.6) is 0 Å². The van der Waals surface area contributed by atoms with E-state index in [0.717, 1.165) is 0 Å². The molecule has 3 heteroatoms. The zero-order valence-electron chi connectivity index (χ0n) is 6.64. The lowest BCUT2D eigenvalue weighted by Crippen LogP contribution is -1.84. The van der Waals surface area contributed by atoms with Crippen molar-refractivity contribution in [2.75, 3.05) is 5.88 Å². The zero-order valence-corrected chi connectivity index (χ0v) is 7.40. The van der Waals surface area contributed by atoms with Gasteiger partial charge in [-0.05, 0) is 18.2 Å². The molecule has 0 saturated heterocycles. The van der Waals surface area contributed by atoms with Gasteiger partial charge in [-0.15, -0.1) is 11.6 Å². The van der Waals surface area contributed by atoms with Gasteiger partial charge in [-0.3, -0.25) is 0 Å². The molecule has 0 saturated carbocycles. The average molecular weight is 194 g/mol. The van der Waals surface area contributed by atoms with E-state index < -0.39 is 5.82 Å². The Kier molecular flexibility index (Phi) is 3.31. The molecule has 0 N–H and O–H groups in total. The molecule has 1 aromatic carbocycles. The normalized spacial score (nSPS) is 8.38. The van der Waals surface area contributed by atoms with Gasteiger partial charge in [0.15, 0.2) is 0 Å². The molecule has 0 atom stereocenters. The lowest BCUT2D eigenvalue weighted by atomic mass is 10.1. The standard InChI is InChI=1S/C10H5ClFN/c11-5-1-2-8-3-4-9(7-13)10(12)6-8/h3-4,6H,5H2. The highest BCUT2D eigenvalue weighted by Crippen LogP contribution is 2.08. The van der Waals surface area contributed by atoms with Gasteiger partial charge in [0, 0.05) is 5.56 Å². The molecule has 0 unspecified atom stereocenters. The molecular formula is C10H5ClFN. The first-order valence-electron chi connectivity index (χ1n) is 3.52. The third-order valence-corrected chi connectivity index (χ3v) is 1.52. The van der Waals surface area contributed by atoms with Crippen LogP contribution in [0.15, 0.2) is 18.2 Å². The minimum absolute atomic E-state index is 0.0245. The van der Waals surface area contributed by atoms with Crippen LogP contribution >= 0.6 is 11.6 Å². The molecular weight excluding hydrogens is 189 g/mol. The first-order chi connectivity index (χ1) is 6.27. The van der Waals surface area contributed by atoms with Gasteiger partial charge in [0.05, 0.1) is 11.4 Å². The van der Waals surface area contributed by atoms with Gasteiger partial charge in [0.1, 0.15) is 11.9 Å². The number of nitriles is 1. The van der Waals surface area contributed by atoms with Gasteiger partial charge in [-0.2, -0.15) is 5.26 Å². The van der Waals surface area contributed by atoms with Crippen molar-refractivity contribution in [3.05, 3.63) is 35.1 Å². The second kappa shape index (κ2) is 4.50. The number of benzene rings is 1. The third-order valence-electron chi connectivity index (χ3n) is 1.39. The first kappa shape index (κ1) is 9.58. The fourth-order valence-electron chi connectivity index (χ4n) is 0.819. The van der Waals surface area contributed by atoms with Gasteiger partial charge in [0.2, 0.25) is 0 Å². The summed E-state index contributed by atoms with van der Waals surface area (Å²) in [4.78, 5) is 0. The van der Waals surface area contributed by atoms with Gasteiger partial charge in [-0.1, -0.05) is 11.8 Å². The van der Waals surface area contributed by atoms with E-state index in [1.54, 1.807) is 12.1 Å². The highest BCUT2D eigenvalue weighted by Gasteiger charge is 1.99. The number of nitrogens with zero attached hydrogens (tertiary/aromatic N) is 1.